The van der Waals surface area contributed by atoms with Crippen molar-refractivity contribution < 1.29 is 13.9 Å². The topological polar surface area (TPSA) is 77.5 Å². The number of anilines is 1. The molecule has 0 unspecified atom stereocenters. The van der Waals surface area contributed by atoms with Crippen LogP contribution in [0.1, 0.15) is 16.7 Å². The number of hydrogen-bond acceptors (Lipinski definition) is 4. The number of benzene rings is 2. The van der Waals surface area contributed by atoms with Crippen LogP contribution in [0.5, 0.6) is 5.75 Å². The highest BCUT2D eigenvalue weighted by atomic mass is 35.5. The van der Waals surface area contributed by atoms with Gasteiger partial charge in [0.1, 0.15) is 17.9 Å². The molecule has 0 spiro atoms. The van der Waals surface area contributed by atoms with Crippen LogP contribution in [-0.2, 0) is 11.2 Å². The smallest absolute Gasteiger partial charge is 0.228 e. The molecule has 26 heavy (non-hydrogen) atoms. The van der Waals surface area contributed by atoms with Crippen molar-refractivity contribution in [3.63, 3.8) is 0 Å². The Morgan fingerprint density at radius 3 is 2.54 bits per heavy atom. The minimum Gasteiger partial charge on any atom is -0.492 e. The molecule has 0 aliphatic carbocycles. The van der Waals surface area contributed by atoms with Crippen molar-refractivity contribution in [2.75, 3.05) is 18.5 Å². The van der Waals surface area contributed by atoms with Gasteiger partial charge in [0.25, 0.3) is 0 Å². The van der Waals surface area contributed by atoms with Gasteiger partial charge >= 0.3 is 0 Å². The highest BCUT2D eigenvalue weighted by Gasteiger charge is 2.12. The van der Waals surface area contributed by atoms with Gasteiger partial charge in [0.05, 0.1) is 12.7 Å². The lowest BCUT2D eigenvalue weighted by molar-refractivity contribution is -0.115. The molecule has 0 bridgehead atoms. The lowest BCUT2D eigenvalue weighted by Gasteiger charge is -2.07. The Balaban J connectivity index is 0.00000243. The van der Waals surface area contributed by atoms with E-state index in [0.29, 0.717) is 13.2 Å². The number of aryl methyl sites for hydroxylation is 2. The van der Waals surface area contributed by atoms with E-state index < -0.39 is 0 Å². The van der Waals surface area contributed by atoms with Crippen LogP contribution in [-0.4, -0.2) is 19.1 Å². The molecular weight excluding hydrogens is 352 g/mol. The zero-order valence-corrected chi connectivity index (χ0v) is 15.7. The third kappa shape index (κ3) is 4.56. The van der Waals surface area contributed by atoms with Gasteiger partial charge in [-0.1, -0.05) is 0 Å². The van der Waals surface area contributed by atoms with Crippen molar-refractivity contribution in [3.8, 4) is 5.75 Å². The SMILES string of the molecule is Cc1cc2occ(CC(=O)Nc3ccc(OCCN)cc3)c2cc1C.Cl. The van der Waals surface area contributed by atoms with Gasteiger partial charge in [-0.3, -0.25) is 4.79 Å². The fraction of sp³-hybridized carbons (Fsp3) is 0.250. The fourth-order valence-electron chi connectivity index (χ4n) is 2.66. The first-order chi connectivity index (χ1) is 12.1. The van der Waals surface area contributed by atoms with E-state index in [9.17, 15) is 4.79 Å². The Morgan fingerprint density at radius 1 is 1.15 bits per heavy atom. The number of furan rings is 1. The van der Waals surface area contributed by atoms with Gasteiger partial charge in [0.15, 0.2) is 0 Å². The van der Waals surface area contributed by atoms with Crippen LogP contribution in [0, 0.1) is 13.8 Å². The number of fused-ring (bicyclic) bond motifs is 1. The number of nitrogens with one attached hydrogen (secondary N) is 1. The van der Waals surface area contributed by atoms with Crippen LogP contribution in [0.25, 0.3) is 11.0 Å². The van der Waals surface area contributed by atoms with E-state index in [2.05, 4.69) is 18.3 Å². The summed E-state index contributed by atoms with van der Waals surface area (Å²) in [6.45, 7) is 5.04. The summed E-state index contributed by atoms with van der Waals surface area (Å²) in [5.74, 6) is 0.645. The molecule has 5 nitrogen and oxygen atoms in total. The Labute approximate surface area is 158 Å². The van der Waals surface area contributed by atoms with Crippen LogP contribution in [0.15, 0.2) is 47.1 Å². The predicted octanol–water partition coefficient (Wildman–Crippen LogP) is 3.99. The maximum absolute atomic E-state index is 12.3. The van der Waals surface area contributed by atoms with E-state index >= 15 is 0 Å². The fourth-order valence-corrected chi connectivity index (χ4v) is 2.66. The van der Waals surface area contributed by atoms with Crippen LogP contribution in [0.3, 0.4) is 0 Å². The molecule has 3 N–H and O–H groups in total. The first kappa shape index (κ1) is 19.8. The molecule has 0 aliphatic rings. The maximum atomic E-state index is 12.3. The molecule has 1 aromatic heterocycles. The molecule has 3 rings (SSSR count). The summed E-state index contributed by atoms with van der Waals surface area (Å²) in [5.41, 5.74) is 10.2. The molecule has 0 saturated heterocycles. The van der Waals surface area contributed by atoms with Crippen molar-refractivity contribution in [3.05, 3.63) is 59.4 Å². The molecule has 3 aromatic rings. The zero-order chi connectivity index (χ0) is 17.8. The third-order valence-electron chi connectivity index (χ3n) is 4.15. The average Bonchev–Trinajstić information content (AvgIpc) is 2.96. The van der Waals surface area contributed by atoms with Gasteiger partial charge in [-0.2, -0.15) is 0 Å². The normalized spacial score (nSPS) is 10.4. The van der Waals surface area contributed by atoms with Gasteiger partial charge in [-0.25, -0.2) is 0 Å². The highest BCUT2D eigenvalue weighted by Crippen LogP contribution is 2.25. The second-order valence-electron chi connectivity index (χ2n) is 6.08. The van der Waals surface area contributed by atoms with E-state index in [1.165, 1.54) is 11.1 Å². The van der Waals surface area contributed by atoms with E-state index in [4.69, 9.17) is 14.9 Å². The Morgan fingerprint density at radius 2 is 1.85 bits per heavy atom. The first-order valence-electron chi connectivity index (χ1n) is 8.27. The molecule has 1 amide bonds. The summed E-state index contributed by atoms with van der Waals surface area (Å²) in [6.07, 6.45) is 1.92. The number of amides is 1. The number of halogens is 1. The lowest BCUT2D eigenvalue weighted by atomic mass is 10.0. The minimum atomic E-state index is -0.0865. The van der Waals surface area contributed by atoms with E-state index in [0.717, 1.165) is 28.0 Å². The summed E-state index contributed by atoms with van der Waals surface area (Å²) in [5, 5.41) is 3.88. The Hall–Kier alpha value is -2.50. The third-order valence-corrected chi connectivity index (χ3v) is 4.15. The van der Waals surface area contributed by atoms with Crippen molar-refractivity contribution >= 4 is 35.0 Å². The Kier molecular flexibility index (Phi) is 6.66. The predicted molar refractivity (Wildman–Crippen MR) is 106 cm³/mol. The maximum Gasteiger partial charge on any atom is 0.228 e. The first-order valence-corrected chi connectivity index (χ1v) is 8.27. The van der Waals surface area contributed by atoms with Gasteiger partial charge < -0.3 is 20.2 Å². The molecule has 0 atom stereocenters. The number of carbonyl (C=O) groups excluding carboxylic acids is 1. The van der Waals surface area contributed by atoms with Gasteiger partial charge in [-0.05, 0) is 61.4 Å². The quantitative estimate of drug-likeness (QED) is 0.683. The van der Waals surface area contributed by atoms with E-state index in [-0.39, 0.29) is 24.7 Å². The molecule has 0 fully saturated rings. The van der Waals surface area contributed by atoms with Crippen molar-refractivity contribution in [1.82, 2.24) is 0 Å². The summed E-state index contributed by atoms with van der Waals surface area (Å²) in [6, 6.07) is 11.3. The molecule has 0 radical (unpaired) electrons. The van der Waals surface area contributed by atoms with Gasteiger partial charge in [-0.15, -0.1) is 12.4 Å². The Bertz CT molecular complexity index is 888. The molecule has 0 aliphatic heterocycles. The number of hydrogen-bond donors (Lipinski definition) is 2. The van der Waals surface area contributed by atoms with Gasteiger partial charge in [0.2, 0.25) is 5.91 Å². The lowest BCUT2D eigenvalue weighted by Crippen LogP contribution is -2.14. The van der Waals surface area contributed by atoms with E-state index in [1.54, 1.807) is 6.26 Å². The minimum absolute atomic E-state index is 0. The zero-order valence-electron chi connectivity index (χ0n) is 14.9. The van der Waals surface area contributed by atoms with Gasteiger partial charge in [0, 0.05) is 23.2 Å². The summed E-state index contributed by atoms with van der Waals surface area (Å²) in [7, 11) is 0. The van der Waals surface area contributed by atoms with Crippen LogP contribution in [0.4, 0.5) is 5.69 Å². The molecule has 138 valence electrons. The summed E-state index contributed by atoms with van der Waals surface area (Å²) >= 11 is 0. The summed E-state index contributed by atoms with van der Waals surface area (Å²) in [4.78, 5) is 12.3. The second kappa shape index (κ2) is 8.74. The van der Waals surface area contributed by atoms with Crippen molar-refractivity contribution in [2.24, 2.45) is 5.73 Å². The monoisotopic (exact) mass is 374 g/mol. The van der Waals surface area contributed by atoms with Crippen LogP contribution >= 0.6 is 12.4 Å². The van der Waals surface area contributed by atoms with E-state index in [1.807, 2.05) is 37.3 Å². The number of rotatable bonds is 6. The second-order valence-corrected chi connectivity index (χ2v) is 6.08. The largest absolute Gasteiger partial charge is 0.492 e. The molecule has 0 saturated carbocycles. The molecule has 6 heteroatoms. The standard InChI is InChI=1S/C20H22N2O3.ClH/c1-13-9-18-15(12-25-19(18)10-14(13)2)11-20(23)22-16-3-5-17(6-4-16)24-8-7-21;/h3-6,9-10,12H,7-8,11,21H2,1-2H3,(H,22,23);1H. The molecule has 2 aromatic carbocycles. The number of nitrogens with two attached hydrogens (primary N) is 1. The number of carbonyl (C=O) groups is 1. The summed E-state index contributed by atoms with van der Waals surface area (Å²) < 4.78 is 11.0. The molecule has 1 heterocycles. The van der Waals surface area contributed by atoms with Crippen LogP contribution in [0.2, 0.25) is 0 Å². The van der Waals surface area contributed by atoms with Crippen LogP contribution < -0.4 is 15.8 Å². The number of ether oxygens (including phenoxy) is 1. The molecular formula is C20H23ClN2O3. The van der Waals surface area contributed by atoms with Crippen molar-refractivity contribution in [1.29, 1.82) is 0 Å². The van der Waals surface area contributed by atoms with Crippen molar-refractivity contribution in [2.45, 2.75) is 20.3 Å². The highest BCUT2D eigenvalue weighted by molar-refractivity contribution is 5.95. The average molecular weight is 375 g/mol.